The molecule has 1 fully saturated rings. The van der Waals surface area contributed by atoms with Crippen molar-refractivity contribution in [1.29, 1.82) is 0 Å². The largest absolute Gasteiger partial charge is 0.300 e. The molecule has 1 aromatic heterocycles. The fourth-order valence-corrected chi connectivity index (χ4v) is 3.42. The summed E-state index contributed by atoms with van der Waals surface area (Å²) in [6.45, 7) is 3.72. The van der Waals surface area contributed by atoms with Crippen LogP contribution < -0.4 is 0 Å². The zero-order valence-corrected chi connectivity index (χ0v) is 11.0. The second-order valence-electron chi connectivity index (χ2n) is 4.38. The number of ketones is 1. The SMILES string of the molecule is CC(=O)CC1CCCN1Cc1ccc(Cl)s1. The molecule has 0 aromatic carbocycles. The molecular weight excluding hydrogens is 242 g/mol. The molecule has 1 unspecified atom stereocenters. The molecule has 1 aliphatic rings. The zero-order chi connectivity index (χ0) is 11.5. The van der Waals surface area contributed by atoms with E-state index in [1.54, 1.807) is 18.3 Å². The number of Topliss-reactive ketones (excluding diaryl/α,β-unsaturated/α-hetero) is 1. The van der Waals surface area contributed by atoms with Crippen LogP contribution in [-0.2, 0) is 11.3 Å². The van der Waals surface area contributed by atoms with E-state index >= 15 is 0 Å². The van der Waals surface area contributed by atoms with Crippen LogP contribution in [0.5, 0.6) is 0 Å². The van der Waals surface area contributed by atoms with E-state index in [1.807, 2.05) is 6.07 Å². The van der Waals surface area contributed by atoms with Gasteiger partial charge < -0.3 is 0 Å². The predicted molar refractivity (Wildman–Crippen MR) is 68.1 cm³/mol. The molecule has 1 saturated heterocycles. The van der Waals surface area contributed by atoms with Crippen molar-refractivity contribution in [3.05, 3.63) is 21.3 Å². The maximum atomic E-state index is 11.2. The van der Waals surface area contributed by atoms with Gasteiger partial charge in [0.2, 0.25) is 0 Å². The van der Waals surface area contributed by atoms with E-state index in [1.165, 1.54) is 11.3 Å². The Hall–Kier alpha value is -0.380. The van der Waals surface area contributed by atoms with Crippen molar-refractivity contribution < 1.29 is 4.79 Å². The fraction of sp³-hybridized carbons (Fsp3) is 0.583. The Morgan fingerprint density at radius 2 is 2.44 bits per heavy atom. The molecule has 2 nitrogen and oxygen atoms in total. The van der Waals surface area contributed by atoms with Crippen LogP contribution in [0.2, 0.25) is 4.34 Å². The first-order valence-corrected chi connectivity index (χ1v) is 6.82. The van der Waals surface area contributed by atoms with Crippen LogP contribution in [0.1, 0.15) is 31.1 Å². The number of carbonyl (C=O) groups is 1. The van der Waals surface area contributed by atoms with Crippen LogP contribution in [0.4, 0.5) is 0 Å². The maximum absolute atomic E-state index is 11.2. The Morgan fingerprint density at radius 1 is 1.62 bits per heavy atom. The average molecular weight is 258 g/mol. The molecule has 0 amide bonds. The highest BCUT2D eigenvalue weighted by Gasteiger charge is 2.25. The Labute approximate surface area is 105 Å². The van der Waals surface area contributed by atoms with Gasteiger partial charge in [0.1, 0.15) is 5.78 Å². The molecular formula is C12H16ClNOS. The van der Waals surface area contributed by atoms with E-state index in [-0.39, 0.29) is 0 Å². The van der Waals surface area contributed by atoms with Gasteiger partial charge in [-0.2, -0.15) is 0 Å². The number of thiophene rings is 1. The van der Waals surface area contributed by atoms with E-state index in [0.717, 1.165) is 23.8 Å². The van der Waals surface area contributed by atoms with Crippen molar-refractivity contribution in [3.63, 3.8) is 0 Å². The van der Waals surface area contributed by atoms with E-state index < -0.39 is 0 Å². The lowest BCUT2D eigenvalue weighted by Crippen LogP contribution is -2.30. The Kier molecular flexibility index (Phi) is 4.00. The molecule has 0 saturated carbocycles. The number of rotatable bonds is 4. The molecule has 16 heavy (non-hydrogen) atoms. The van der Waals surface area contributed by atoms with E-state index in [4.69, 9.17) is 11.6 Å². The second-order valence-corrected chi connectivity index (χ2v) is 6.18. The van der Waals surface area contributed by atoms with Gasteiger partial charge in [-0.05, 0) is 38.4 Å². The van der Waals surface area contributed by atoms with E-state index in [9.17, 15) is 4.79 Å². The lowest BCUT2D eigenvalue weighted by Gasteiger charge is -2.22. The number of likely N-dealkylation sites (tertiary alicyclic amines) is 1. The van der Waals surface area contributed by atoms with Gasteiger partial charge in [-0.3, -0.25) is 9.69 Å². The summed E-state index contributed by atoms with van der Waals surface area (Å²) in [7, 11) is 0. The summed E-state index contributed by atoms with van der Waals surface area (Å²) >= 11 is 7.55. The molecule has 2 rings (SSSR count). The van der Waals surface area contributed by atoms with Crippen LogP contribution in [0, 0.1) is 0 Å². The van der Waals surface area contributed by atoms with Gasteiger partial charge in [-0.25, -0.2) is 0 Å². The molecule has 4 heteroatoms. The van der Waals surface area contributed by atoms with Gasteiger partial charge in [-0.15, -0.1) is 11.3 Å². The summed E-state index contributed by atoms with van der Waals surface area (Å²) in [4.78, 5) is 14.9. The molecule has 0 N–H and O–H groups in total. The lowest BCUT2D eigenvalue weighted by molar-refractivity contribution is -0.118. The highest BCUT2D eigenvalue weighted by atomic mass is 35.5. The van der Waals surface area contributed by atoms with Crippen molar-refractivity contribution in [1.82, 2.24) is 4.90 Å². The van der Waals surface area contributed by atoms with Gasteiger partial charge in [0, 0.05) is 23.9 Å². The normalized spacial score (nSPS) is 21.5. The van der Waals surface area contributed by atoms with Gasteiger partial charge in [-0.1, -0.05) is 11.6 Å². The van der Waals surface area contributed by atoms with Crippen molar-refractivity contribution in [3.8, 4) is 0 Å². The van der Waals surface area contributed by atoms with E-state index in [0.29, 0.717) is 18.2 Å². The minimum Gasteiger partial charge on any atom is -0.300 e. The summed E-state index contributed by atoms with van der Waals surface area (Å²) in [5.74, 6) is 0.293. The fourth-order valence-electron chi connectivity index (χ4n) is 2.30. The topological polar surface area (TPSA) is 20.3 Å². The molecule has 2 heterocycles. The summed E-state index contributed by atoms with van der Waals surface area (Å²) in [5.41, 5.74) is 0. The lowest BCUT2D eigenvalue weighted by atomic mass is 10.1. The number of carbonyl (C=O) groups excluding carboxylic acids is 1. The molecule has 1 aromatic rings. The van der Waals surface area contributed by atoms with Crippen molar-refractivity contribution >= 4 is 28.7 Å². The molecule has 0 bridgehead atoms. The van der Waals surface area contributed by atoms with E-state index in [2.05, 4.69) is 11.0 Å². The highest BCUT2D eigenvalue weighted by molar-refractivity contribution is 7.16. The minimum absolute atomic E-state index is 0.293. The molecule has 0 radical (unpaired) electrons. The van der Waals surface area contributed by atoms with Gasteiger partial charge in [0.05, 0.1) is 4.34 Å². The highest BCUT2D eigenvalue weighted by Crippen LogP contribution is 2.27. The smallest absolute Gasteiger partial charge is 0.131 e. The van der Waals surface area contributed by atoms with Crippen LogP contribution >= 0.6 is 22.9 Å². The van der Waals surface area contributed by atoms with Crippen molar-refractivity contribution in [2.75, 3.05) is 6.54 Å². The predicted octanol–water partition coefficient (Wildman–Crippen LogP) is 3.35. The third-order valence-corrected chi connectivity index (χ3v) is 4.23. The summed E-state index contributed by atoms with van der Waals surface area (Å²) in [5, 5.41) is 0. The molecule has 1 aliphatic heterocycles. The quantitative estimate of drug-likeness (QED) is 0.825. The monoisotopic (exact) mass is 257 g/mol. The number of halogens is 1. The van der Waals surface area contributed by atoms with Gasteiger partial charge in [0.15, 0.2) is 0 Å². The third-order valence-electron chi connectivity index (χ3n) is 3.01. The second kappa shape index (κ2) is 5.30. The Balaban J connectivity index is 1.95. The summed E-state index contributed by atoms with van der Waals surface area (Å²) < 4.78 is 0.845. The van der Waals surface area contributed by atoms with Crippen LogP contribution in [-0.4, -0.2) is 23.3 Å². The van der Waals surface area contributed by atoms with Crippen LogP contribution in [0.25, 0.3) is 0 Å². The Morgan fingerprint density at radius 3 is 3.06 bits per heavy atom. The number of hydrogen-bond donors (Lipinski definition) is 0. The summed E-state index contributed by atoms with van der Waals surface area (Å²) in [6, 6.07) is 4.46. The molecule has 0 aliphatic carbocycles. The Bertz CT molecular complexity index is 377. The first-order valence-electron chi connectivity index (χ1n) is 5.63. The van der Waals surface area contributed by atoms with Crippen molar-refractivity contribution in [2.45, 2.75) is 38.8 Å². The zero-order valence-electron chi connectivity index (χ0n) is 9.41. The van der Waals surface area contributed by atoms with Crippen LogP contribution in [0.15, 0.2) is 12.1 Å². The van der Waals surface area contributed by atoms with Crippen molar-refractivity contribution in [2.24, 2.45) is 0 Å². The standard InChI is InChI=1S/C12H16ClNOS/c1-9(15)7-10-3-2-6-14(10)8-11-4-5-12(13)16-11/h4-5,10H,2-3,6-8H2,1H3. The number of nitrogens with zero attached hydrogens (tertiary/aromatic N) is 1. The van der Waals surface area contributed by atoms with Gasteiger partial charge in [0.25, 0.3) is 0 Å². The number of hydrogen-bond acceptors (Lipinski definition) is 3. The van der Waals surface area contributed by atoms with Crippen LogP contribution in [0.3, 0.4) is 0 Å². The third kappa shape index (κ3) is 3.06. The first-order chi connectivity index (χ1) is 7.65. The molecule has 88 valence electrons. The maximum Gasteiger partial charge on any atom is 0.131 e. The summed E-state index contributed by atoms with van der Waals surface area (Å²) in [6.07, 6.45) is 3.05. The average Bonchev–Trinajstić information content (AvgIpc) is 2.77. The first kappa shape index (κ1) is 12.1. The van der Waals surface area contributed by atoms with Gasteiger partial charge >= 0.3 is 0 Å². The minimum atomic E-state index is 0.293. The molecule has 1 atom stereocenters. The molecule has 0 spiro atoms.